The third-order valence-electron chi connectivity index (χ3n) is 5.64. The summed E-state index contributed by atoms with van der Waals surface area (Å²) in [5.74, 6) is -0.863. The van der Waals surface area contributed by atoms with Gasteiger partial charge in [-0.1, -0.05) is 62.4 Å². The maximum atomic E-state index is 13.2. The average Bonchev–Trinajstić information content (AvgIpc) is 3.20. The van der Waals surface area contributed by atoms with Gasteiger partial charge in [0.2, 0.25) is 17.7 Å². The van der Waals surface area contributed by atoms with Crippen LogP contribution in [-0.4, -0.2) is 34.8 Å². The van der Waals surface area contributed by atoms with E-state index in [0.717, 1.165) is 28.5 Å². The minimum atomic E-state index is -0.900. The van der Waals surface area contributed by atoms with E-state index < -0.39 is 23.9 Å². The number of aromatic amines is 1. The molecule has 0 saturated heterocycles. The number of rotatable bonds is 11. The van der Waals surface area contributed by atoms with Gasteiger partial charge in [-0.15, -0.1) is 0 Å². The second-order valence-corrected chi connectivity index (χ2v) is 8.77. The zero-order valence-electron chi connectivity index (χ0n) is 19.1. The quantitative estimate of drug-likeness (QED) is 0.361. The highest BCUT2D eigenvalue weighted by Gasteiger charge is 2.26. The summed E-state index contributed by atoms with van der Waals surface area (Å²) >= 11 is 0. The minimum Gasteiger partial charge on any atom is -0.368 e. The van der Waals surface area contributed by atoms with Crippen molar-refractivity contribution >= 4 is 28.6 Å². The van der Waals surface area contributed by atoms with Crippen LogP contribution >= 0.6 is 0 Å². The molecule has 0 spiro atoms. The molecule has 174 valence electrons. The molecule has 0 radical (unpaired) electrons. The predicted molar refractivity (Wildman–Crippen MR) is 129 cm³/mol. The molecule has 0 fully saturated rings. The lowest BCUT2D eigenvalue weighted by Gasteiger charge is -2.22. The Hall–Kier alpha value is -3.61. The maximum absolute atomic E-state index is 13.2. The molecule has 2 aromatic carbocycles. The lowest BCUT2D eigenvalue weighted by Crippen LogP contribution is -2.54. The van der Waals surface area contributed by atoms with Crippen LogP contribution in [0.5, 0.6) is 0 Å². The Morgan fingerprint density at radius 2 is 1.61 bits per heavy atom. The van der Waals surface area contributed by atoms with Crippen LogP contribution in [0.25, 0.3) is 10.9 Å². The molecule has 0 aliphatic rings. The van der Waals surface area contributed by atoms with Crippen LogP contribution in [0.4, 0.5) is 0 Å². The van der Waals surface area contributed by atoms with Gasteiger partial charge in [0, 0.05) is 36.4 Å². The summed E-state index contributed by atoms with van der Waals surface area (Å²) in [6, 6.07) is 15.5. The molecule has 3 amide bonds. The van der Waals surface area contributed by atoms with Crippen LogP contribution in [0.2, 0.25) is 0 Å². The van der Waals surface area contributed by atoms with Gasteiger partial charge in [-0.3, -0.25) is 14.4 Å². The van der Waals surface area contributed by atoms with Gasteiger partial charge in [0.25, 0.3) is 0 Å². The second kappa shape index (κ2) is 11.3. The molecule has 0 bridgehead atoms. The van der Waals surface area contributed by atoms with Crippen molar-refractivity contribution < 1.29 is 14.4 Å². The second-order valence-electron chi connectivity index (χ2n) is 8.77. The van der Waals surface area contributed by atoms with Crippen molar-refractivity contribution in [1.29, 1.82) is 0 Å². The number of amides is 3. The van der Waals surface area contributed by atoms with Gasteiger partial charge in [0.1, 0.15) is 12.1 Å². The molecule has 1 aromatic heterocycles. The highest BCUT2D eigenvalue weighted by atomic mass is 16.2. The van der Waals surface area contributed by atoms with Gasteiger partial charge in [-0.2, -0.15) is 0 Å². The fourth-order valence-electron chi connectivity index (χ4n) is 3.76. The number of carbonyl (C=O) groups excluding carboxylic acids is 3. The van der Waals surface area contributed by atoms with Crippen LogP contribution in [0.3, 0.4) is 0 Å². The van der Waals surface area contributed by atoms with E-state index in [1.54, 1.807) is 0 Å². The van der Waals surface area contributed by atoms with E-state index in [0.29, 0.717) is 18.8 Å². The summed E-state index contributed by atoms with van der Waals surface area (Å²) < 4.78 is 0. The third-order valence-corrected chi connectivity index (χ3v) is 5.64. The number of nitrogens with one attached hydrogen (secondary N) is 3. The predicted octanol–water partition coefficient (Wildman–Crippen LogP) is 2.84. The van der Waals surface area contributed by atoms with E-state index in [9.17, 15) is 14.4 Å². The topological polar surface area (TPSA) is 117 Å². The van der Waals surface area contributed by atoms with Gasteiger partial charge < -0.3 is 21.4 Å². The smallest absolute Gasteiger partial charge is 0.243 e. The molecule has 0 aliphatic heterocycles. The Kier molecular flexibility index (Phi) is 8.24. The molecule has 7 nitrogen and oxygen atoms in total. The highest BCUT2D eigenvalue weighted by Crippen LogP contribution is 2.19. The van der Waals surface area contributed by atoms with Gasteiger partial charge >= 0.3 is 0 Å². The summed E-state index contributed by atoms with van der Waals surface area (Å²) in [6.07, 6.45) is 3.46. The van der Waals surface area contributed by atoms with Crippen molar-refractivity contribution in [3.8, 4) is 0 Å². The number of primary amides is 1. The Morgan fingerprint density at radius 3 is 2.30 bits per heavy atom. The minimum absolute atomic E-state index is 0.188. The van der Waals surface area contributed by atoms with Crippen molar-refractivity contribution in [2.24, 2.45) is 11.7 Å². The maximum Gasteiger partial charge on any atom is 0.243 e. The molecular formula is C26H32N4O3. The van der Waals surface area contributed by atoms with Crippen molar-refractivity contribution in [1.82, 2.24) is 15.6 Å². The van der Waals surface area contributed by atoms with Crippen LogP contribution in [0, 0.1) is 5.92 Å². The lowest BCUT2D eigenvalue weighted by atomic mass is 10.0. The van der Waals surface area contributed by atoms with Crippen molar-refractivity contribution in [3.05, 3.63) is 71.9 Å². The summed E-state index contributed by atoms with van der Waals surface area (Å²) in [5, 5.41) is 6.59. The van der Waals surface area contributed by atoms with Crippen LogP contribution in [0.1, 0.15) is 37.8 Å². The van der Waals surface area contributed by atoms with E-state index in [-0.39, 0.29) is 12.3 Å². The molecule has 0 aliphatic carbocycles. The standard InChI is InChI=1S/C26H32N4O3/c1-17(2)12-13-24(31)29-23(14-18-8-4-3-5-9-18)26(33)30-22(25(27)32)15-19-16-28-21-11-7-6-10-20(19)21/h3-11,16-17,22-23,28H,12-15H2,1-2H3,(H2,27,32)(H,29,31)(H,30,33). The summed E-state index contributed by atoms with van der Waals surface area (Å²) in [4.78, 5) is 41.0. The first-order chi connectivity index (χ1) is 15.8. The zero-order chi connectivity index (χ0) is 23.8. The van der Waals surface area contributed by atoms with Gasteiger partial charge in [-0.25, -0.2) is 0 Å². The van der Waals surface area contributed by atoms with E-state index in [1.165, 1.54) is 0 Å². The first kappa shape index (κ1) is 24.0. The molecule has 33 heavy (non-hydrogen) atoms. The highest BCUT2D eigenvalue weighted by molar-refractivity contribution is 5.92. The molecule has 3 aromatic rings. The van der Waals surface area contributed by atoms with Crippen LogP contribution in [0.15, 0.2) is 60.8 Å². The monoisotopic (exact) mass is 448 g/mol. The number of para-hydroxylation sites is 1. The fourth-order valence-corrected chi connectivity index (χ4v) is 3.76. The Bertz CT molecular complexity index is 1090. The number of benzene rings is 2. The number of aromatic nitrogens is 1. The SMILES string of the molecule is CC(C)CCC(=O)NC(Cc1ccccc1)C(=O)NC(Cc1c[nH]c2ccccc12)C(N)=O. The zero-order valence-corrected chi connectivity index (χ0v) is 19.1. The number of hydrogen-bond acceptors (Lipinski definition) is 3. The van der Waals surface area contributed by atoms with Crippen LogP contribution < -0.4 is 16.4 Å². The van der Waals surface area contributed by atoms with E-state index in [2.05, 4.69) is 15.6 Å². The molecule has 2 unspecified atom stereocenters. The first-order valence-corrected chi connectivity index (χ1v) is 11.3. The molecular weight excluding hydrogens is 416 g/mol. The summed E-state index contributed by atoms with van der Waals surface area (Å²) in [6.45, 7) is 4.09. The Balaban J connectivity index is 1.74. The Morgan fingerprint density at radius 1 is 0.909 bits per heavy atom. The molecule has 3 rings (SSSR count). The van der Waals surface area contributed by atoms with E-state index in [1.807, 2.05) is 74.6 Å². The third kappa shape index (κ3) is 6.94. The number of nitrogens with two attached hydrogens (primary N) is 1. The molecule has 7 heteroatoms. The van der Waals surface area contributed by atoms with Gasteiger partial charge in [0.05, 0.1) is 0 Å². The number of H-pyrrole nitrogens is 1. The molecule has 1 heterocycles. The molecule has 2 atom stereocenters. The number of hydrogen-bond donors (Lipinski definition) is 4. The Labute approximate surface area is 194 Å². The van der Waals surface area contributed by atoms with Crippen LogP contribution in [-0.2, 0) is 27.2 Å². The normalized spacial score (nSPS) is 12.9. The van der Waals surface area contributed by atoms with Crippen molar-refractivity contribution in [2.75, 3.05) is 0 Å². The van der Waals surface area contributed by atoms with E-state index >= 15 is 0 Å². The van der Waals surface area contributed by atoms with Gasteiger partial charge in [-0.05, 0) is 29.5 Å². The molecule has 5 N–H and O–H groups in total. The first-order valence-electron chi connectivity index (χ1n) is 11.3. The number of carbonyl (C=O) groups is 3. The largest absolute Gasteiger partial charge is 0.368 e. The fraction of sp³-hybridized carbons (Fsp3) is 0.346. The molecule has 0 saturated carbocycles. The number of fused-ring (bicyclic) bond motifs is 1. The van der Waals surface area contributed by atoms with Crippen molar-refractivity contribution in [3.63, 3.8) is 0 Å². The van der Waals surface area contributed by atoms with Crippen molar-refractivity contribution in [2.45, 2.75) is 51.6 Å². The lowest BCUT2D eigenvalue weighted by molar-refractivity contribution is -0.131. The summed E-state index contributed by atoms with van der Waals surface area (Å²) in [5.41, 5.74) is 8.37. The van der Waals surface area contributed by atoms with E-state index in [4.69, 9.17) is 5.73 Å². The summed E-state index contributed by atoms with van der Waals surface area (Å²) in [7, 11) is 0. The van der Waals surface area contributed by atoms with Gasteiger partial charge in [0.15, 0.2) is 0 Å². The average molecular weight is 449 g/mol.